The quantitative estimate of drug-likeness (QED) is 0.512. The summed E-state index contributed by atoms with van der Waals surface area (Å²) in [6.07, 6.45) is -1.35. The van der Waals surface area contributed by atoms with Crippen LogP contribution in [0.1, 0.15) is 0 Å². The number of primary amides is 1. The van der Waals surface area contributed by atoms with E-state index >= 15 is 0 Å². The summed E-state index contributed by atoms with van der Waals surface area (Å²) in [6, 6.07) is 9.21. The van der Waals surface area contributed by atoms with E-state index in [1.165, 1.54) is 0 Å². The molecule has 0 fully saturated rings. The van der Waals surface area contributed by atoms with Gasteiger partial charge in [-0.25, -0.2) is 0 Å². The fourth-order valence-electron chi connectivity index (χ4n) is 1.11. The molecule has 0 aliphatic heterocycles. The van der Waals surface area contributed by atoms with Gasteiger partial charge in [0, 0.05) is 5.69 Å². The number of benzene rings is 1. The first-order valence-corrected chi connectivity index (χ1v) is 5.12. The molecule has 1 atom stereocenters. The van der Waals surface area contributed by atoms with Crippen molar-refractivity contribution in [3.05, 3.63) is 30.3 Å². The average molecular weight is 237 g/mol. The molecule has 0 spiro atoms. The Morgan fingerprint density at radius 2 is 1.94 bits per heavy atom. The van der Waals surface area contributed by atoms with E-state index in [-0.39, 0.29) is 19.0 Å². The Bertz CT molecular complexity index is 381. The van der Waals surface area contributed by atoms with Crippen LogP contribution in [-0.2, 0) is 9.59 Å². The smallest absolute Gasteiger partial charge is 0.248 e. The van der Waals surface area contributed by atoms with Crippen molar-refractivity contribution in [3.8, 4) is 0 Å². The highest BCUT2D eigenvalue weighted by Crippen LogP contribution is 2.03. The lowest BCUT2D eigenvalue weighted by Crippen LogP contribution is -2.41. The lowest BCUT2D eigenvalue weighted by Gasteiger charge is -2.09. The molecule has 0 bridgehead atoms. The molecular formula is C11H15N3O3. The maximum absolute atomic E-state index is 11.3. The molecule has 1 aromatic rings. The molecule has 0 aliphatic rings. The number of rotatable bonds is 6. The van der Waals surface area contributed by atoms with Gasteiger partial charge in [0.15, 0.2) is 0 Å². The standard InChI is InChI=1S/C11H15N3O3/c12-11(17)9(15)6-14-10(16)7-13-8-4-2-1-3-5-8/h1-5,9,13,15H,6-7H2,(H2,12,17)(H,14,16). The molecule has 6 heteroatoms. The second-order valence-electron chi connectivity index (χ2n) is 3.44. The van der Waals surface area contributed by atoms with Gasteiger partial charge in [0.25, 0.3) is 0 Å². The molecule has 1 aromatic carbocycles. The number of anilines is 1. The van der Waals surface area contributed by atoms with E-state index in [4.69, 9.17) is 10.8 Å². The van der Waals surface area contributed by atoms with Gasteiger partial charge in [-0.1, -0.05) is 18.2 Å². The first-order chi connectivity index (χ1) is 8.09. The minimum absolute atomic E-state index is 0.0650. The Kier molecular flexibility index (Phi) is 4.96. The monoisotopic (exact) mass is 237 g/mol. The van der Waals surface area contributed by atoms with E-state index in [9.17, 15) is 9.59 Å². The number of aliphatic hydroxyl groups is 1. The van der Waals surface area contributed by atoms with E-state index in [0.29, 0.717) is 0 Å². The number of para-hydroxylation sites is 1. The predicted octanol–water partition coefficient (Wildman–Crippen LogP) is -0.939. The van der Waals surface area contributed by atoms with Gasteiger partial charge in [-0.3, -0.25) is 9.59 Å². The van der Waals surface area contributed by atoms with Crippen LogP contribution in [0.3, 0.4) is 0 Å². The second-order valence-corrected chi connectivity index (χ2v) is 3.44. The van der Waals surface area contributed by atoms with Crippen LogP contribution in [0.4, 0.5) is 5.69 Å². The van der Waals surface area contributed by atoms with Crippen molar-refractivity contribution in [1.82, 2.24) is 5.32 Å². The molecule has 2 amide bonds. The van der Waals surface area contributed by atoms with Crippen molar-refractivity contribution in [2.45, 2.75) is 6.10 Å². The van der Waals surface area contributed by atoms with Crippen LogP contribution in [0.2, 0.25) is 0 Å². The van der Waals surface area contributed by atoms with Gasteiger partial charge in [-0.2, -0.15) is 0 Å². The van der Waals surface area contributed by atoms with Crippen LogP contribution in [0, 0.1) is 0 Å². The zero-order valence-corrected chi connectivity index (χ0v) is 9.22. The molecule has 92 valence electrons. The maximum atomic E-state index is 11.3. The number of hydrogen-bond acceptors (Lipinski definition) is 4. The predicted molar refractivity (Wildman–Crippen MR) is 63.1 cm³/mol. The van der Waals surface area contributed by atoms with Gasteiger partial charge in [0.2, 0.25) is 11.8 Å². The Morgan fingerprint density at radius 3 is 2.53 bits per heavy atom. The molecule has 0 aliphatic carbocycles. The van der Waals surface area contributed by atoms with Crippen LogP contribution < -0.4 is 16.4 Å². The first kappa shape index (κ1) is 13.0. The van der Waals surface area contributed by atoms with E-state index in [1.54, 1.807) is 0 Å². The molecule has 0 aromatic heterocycles. The number of aliphatic hydroxyl groups excluding tert-OH is 1. The summed E-state index contributed by atoms with van der Waals surface area (Å²) in [5.74, 6) is -1.18. The molecule has 17 heavy (non-hydrogen) atoms. The molecule has 6 nitrogen and oxygen atoms in total. The molecule has 0 saturated carbocycles. The summed E-state index contributed by atoms with van der Waals surface area (Å²) >= 11 is 0. The topological polar surface area (TPSA) is 104 Å². The van der Waals surface area contributed by atoms with E-state index < -0.39 is 12.0 Å². The van der Waals surface area contributed by atoms with E-state index in [0.717, 1.165) is 5.69 Å². The highest BCUT2D eigenvalue weighted by atomic mass is 16.3. The molecule has 0 saturated heterocycles. The van der Waals surface area contributed by atoms with Gasteiger partial charge in [-0.05, 0) is 12.1 Å². The third-order valence-electron chi connectivity index (χ3n) is 2.05. The normalized spacial score (nSPS) is 11.6. The van der Waals surface area contributed by atoms with Crippen molar-refractivity contribution >= 4 is 17.5 Å². The Morgan fingerprint density at radius 1 is 1.29 bits per heavy atom. The van der Waals surface area contributed by atoms with Crippen LogP contribution in [0.15, 0.2) is 30.3 Å². The maximum Gasteiger partial charge on any atom is 0.248 e. The molecule has 1 unspecified atom stereocenters. The van der Waals surface area contributed by atoms with Gasteiger partial charge in [0.1, 0.15) is 6.10 Å². The molecule has 0 heterocycles. The van der Waals surface area contributed by atoms with Crippen molar-refractivity contribution in [2.75, 3.05) is 18.4 Å². The molecule has 5 N–H and O–H groups in total. The number of carbonyl (C=O) groups excluding carboxylic acids is 2. The summed E-state index contributed by atoms with van der Waals surface area (Å²) < 4.78 is 0. The minimum atomic E-state index is -1.35. The highest BCUT2D eigenvalue weighted by molar-refractivity contribution is 5.83. The van der Waals surface area contributed by atoms with E-state index in [1.807, 2.05) is 30.3 Å². The van der Waals surface area contributed by atoms with Gasteiger partial charge >= 0.3 is 0 Å². The number of amides is 2. The fourth-order valence-corrected chi connectivity index (χ4v) is 1.11. The zero-order valence-electron chi connectivity index (χ0n) is 9.22. The zero-order chi connectivity index (χ0) is 12.7. The van der Waals surface area contributed by atoms with Gasteiger partial charge < -0.3 is 21.5 Å². The third kappa shape index (κ3) is 4.98. The summed E-state index contributed by atoms with van der Waals surface area (Å²) in [5, 5.41) is 14.3. The fraction of sp³-hybridized carbons (Fsp3) is 0.273. The van der Waals surface area contributed by atoms with Crippen molar-refractivity contribution in [3.63, 3.8) is 0 Å². The van der Waals surface area contributed by atoms with Gasteiger partial charge in [-0.15, -0.1) is 0 Å². The van der Waals surface area contributed by atoms with Crippen molar-refractivity contribution in [2.24, 2.45) is 5.73 Å². The summed E-state index contributed by atoms with van der Waals surface area (Å²) in [4.78, 5) is 21.8. The SMILES string of the molecule is NC(=O)C(O)CNC(=O)CNc1ccccc1. The molecule has 0 radical (unpaired) electrons. The molecule has 1 rings (SSSR count). The van der Waals surface area contributed by atoms with Crippen LogP contribution in [-0.4, -0.2) is 36.1 Å². The highest BCUT2D eigenvalue weighted by Gasteiger charge is 2.11. The number of carbonyl (C=O) groups is 2. The van der Waals surface area contributed by atoms with Gasteiger partial charge in [0.05, 0.1) is 13.1 Å². The Hall–Kier alpha value is -2.08. The number of nitrogens with two attached hydrogens (primary N) is 1. The lowest BCUT2D eigenvalue weighted by atomic mass is 10.3. The Balaban J connectivity index is 2.24. The Labute approximate surface area is 98.8 Å². The minimum Gasteiger partial charge on any atom is -0.381 e. The van der Waals surface area contributed by atoms with Crippen molar-refractivity contribution < 1.29 is 14.7 Å². The third-order valence-corrected chi connectivity index (χ3v) is 2.05. The van der Waals surface area contributed by atoms with Crippen molar-refractivity contribution in [1.29, 1.82) is 0 Å². The van der Waals surface area contributed by atoms with Crippen LogP contribution in [0.5, 0.6) is 0 Å². The molecular weight excluding hydrogens is 222 g/mol. The first-order valence-electron chi connectivity index (χ1n) is 5.12. The van der Waals surface area contributed by atoms with Crippen LogP contribution in [0.25, 0.3) is 0 Å². The summed E-state index contributed by atoms with van der Waals surface area (Å²) in [7, 11) is 0. The summed E-state index contributed by atoms with van der Waals surface area (Å²) in [5.41, 5.74) is 5.65. The largest absolute Gasteiger partial charge is 0.381 e. The number of hydrogen-bond donors (Lipinski definition) is 4. The average Bonchev–Trinajstić information content (AvgIpc) is 2.34. The van der Waals surface area contributed by atoms with Crippen LogP contribution >= 0.6 is 0 Å². The summed E-state index contributed by atoms with van der Waals surface area (Å²) in [6.45, 7) is -0.111. The lowest BCUT2D eigenvalue weighted by molar-refractivity contribution is -0.126. The van der Waals surface area contributed by atoms with E-state index in [2.05, 4.69) is 10.6 Å². The number of nitrogens with one attached hydrogen (secondary N) is 2. The second kappa shape index (κ2) is 6.49.